The van der Waals surface area contributed by atoms with Gasteiger partial charge in [0.25, 0.3) is 0 Å². The molecule has 2 aromatic carbocycles. The Morgan fingerprint density at radius 1 is 1.05 bits per heavy atom. The quantitative estimate of drug-likeness (QED) is 0.840. The van der Waals surface area contributed by atoms with Crippen LogP contribution in [0.15, 0.2) is 54.6 Å². The molecule has 0 saturated carbocycles. The van der Waals surface area contributed by atoms with Gasteiger partial charge in [0.05, 0.1) is 5.56 Å². The van der Waals surface area contributed by atoms with E-state index in [-0.39, 0.29) is 5.75 Å². The second-order valence-electron chi connectivity index (χ2n) is 4.37. The zero-order chi connectivity index (χ0) is 16.2. The molecule has 2 aromatic rings. The highest BCUT2D eigenvalue weighted by Gasteiger charge is 2.30. The van der Waals surface area contributed by atoms with Gasteiger partial charge in [0.15, 0.2) is 0 Å². The van der Waals surface area contributed by atoms with Gasteiger partial charge in [-0.1, -0.05) is 18.2 Å². The summed E-state index contributed by atoms with van der Waals surface area (Å²) in [6.07, 6.45) is -2.11. The fraction of sp³-hybridized carbons (Fsp3) is 0.0625. The van der Waals surface area contributed by atoms with E-state index >= 15 is 0 Å². The second kappa shape index (κ2) is 6.34. The van der Waals surface area contributed by atoms with Crippen LogP contribution < -0.4 is 4.74 Å². The van der Waals surface area contributed by atoms with Crippen LogP contribution >= 0.6 is 0 Å². The van der Waals surface area contributed by atoms with Crippen LogP contribution in [0.3, 0.4) is 0 Å². The minimum Gasteiger partial charge on any atom is -0.478 e. The second-order valence-corrected chi connectivity index (χ2v) is 4.37. The van der Waals surface area contributed by atoms with Crippen LogP contribution in [-0.4, -0.2) is 11.1 Å². The van der Waals surface area contributed by atoms with Crippen LogP contribution in [0.1, 0.15) is 11.1 Å². The van der Waals surface area contributed by atoms with E-state index in [0.29, 0.717) is 11.3 Å². The largest absolute Gasteiger partial charge is 0.478 e. The van der Waals surface area contributed by atoms with E-state index in [9.17, 15) is 18.0 Å². The molecule has 0 aliphatic rings. The molecule has 0 bridgehead atoms. The molecule has 0 heterocycles. The van der Waals surface area contributed by atoms with Crippen molar-refractivity contribution in [2.45, 2.75) is 6.18 Å². The van der Waals surface area contributed by atoms with Gasteiger partial charge in [0, 0.05) is 6.08 Å². The summed E-state index contributed by atoms with van der Waals surface area (Å²) in [6, 6.07) is 10.9. The summed E-state index contributed by atoms with van der Waals surface area (Å²) in [4.78, 5) is 10.5. The minimum atomic E-state index is -4.44. The molecule has 0 unspecified atom stereocenters. The van der Waals surface area contributed by atoms with Crippen LogP contribution in [0.25, 0.3) is 6.08 Å². The molecule has 6 heteroatoms. The van der Waals surface area contributed by atoms with E-state index in [2.05, 4.69) is 0 Å². The molecule has 2 rings (SSSR count). The monoisotopic (exact) mass is 308 g/mol. The Kier molecular flexibility index (Phi) is 4.50. The molecule has 0 aliphatic carbocycles. The van der Waals surface area contributed by atoms with Gasteiger partial charge in [-0.3, -0.25) is 0 Å². The smallest absolute Gasteiger partial charge is 0.416 e. The van der Waals surface area contributed by atoms with Crippen LogP contribution in [0, 0.1) is 0 Å². The number of hydrogen-bond acceptors (Lipinski definition) is 2. The zero-order valence-corrected chi connectivity index (χ0v) is 11.2. The third kappa shape index (κ3) is 4.37. The third-order valence-electron chi connectivity index (χ3n) is 2.67. The molecule has 0 aliphatic heterocycles. The van der Waals surface area contributed by atoms with Crippen LogP contribution in [-0.2, 0) is 11.0 Å². The highest BCUT2D eigenvalue weighted by atomic mass is 19.4. The first-order valence-electron chi connectivity index (χ1n) is 6.21. The average molecular weight is 308 g/mol. The maximum atomic E-state index is 12.6. The van der Waals surface area contributed by atoms with E-state index in [1.165, 1.54) is 24.3 Å². The van der Waals surface area contributed by atoms with Gasteiger partial charge < -0.3 is 9.84 Å². The Bertz CT molecular complexity index is 706. The fourth-order valence-electron chi connectivity index (χ4n) is 1.72. The number of carboxylic acid groups (broad SMARTS) is 1. The maximum Gasteiger partial charge on any atom is 0.416 e. The first kappa shape index (κ1) is 15.6. The van der Waals surface area contributed by atoms with Crippen molar-refractivity contribution in [3.8, 4) is 11.5 Å². The zero-order valence-electron chi connectivity index (χ0n) is 11.2. The van der Waals surface area contributed by atoms with Crippen molar-refractivity contribution in [2.24, 2.45) is 0 Å². The lowest BCUT2D eigenvalue weighted by Gasteiger charge is -2.10. The normalized spacial score (nSPS) is 11.6. The van der Waals surface area contributed by atoms with Crippen LogP contribution in [0.4, 0.5) is 13.2 Å². The molecule has 0 fully saturated rings. The number of alkyl halides is 3. The van der Waals surface area contributed by atoms with Crippen LogP contribution in [0.2, 0.25) is 0 Å². The number of halogens is 3. The molecule has 0 saturated heterocycles. The Labute approximate surface area is 124 Å². The topological polar surface area (TPSA) is 46.5 Å². The summed E-state index contributed by atoms with van der Waals surface area (Å²) in [5.74, 6) is -0.731. The molecule has 114 valence electrons. The summed E-state index contributed by atoms with van der Waals surface area (Å²) >= 11 is 0. The average Bonchev–Trinajstić information content (AvgIpc) is 2.45. The SMILES string of the molecule is O=C(O)/C=C/c1cccc(Oc2cccc(C(F)(F)F)c2)c1. The predicted octanol–water partition coefficient (Wildman–Crippen LogP) is 4.60. The molecule has 0 spiro atoms. The van der Waals surface area contributed by atoms with Gasteiger partial charge in [0.1, 0.15) is 11.5 Å². The molecule has 3 nitrogen and oxygen atoms in total. The molecule has 22 heavy (non-hydrogen) atoms. The first-order chi connectivity index (χ1) is 10.3. The highest BCUT2D eigenvalue weighted by Crippen LogP contribution is 2.32. The first-order valence-corrected chi connectivity index (χ1v) is 6.21. The molecule has 0 atom stereocenters. The number of carbonyl (C=O) groups is 1. The van der Waals surface area contributed by atoms with Gasteiger partial charge >= 0.3 is 12.1 Å². The number of carboxylic acids is 1. The lowest BCUT2D eigenvalue weighted by molar-refractivity contribution is -0.137. The highest BCUT2D eigenvalue weighted by molar-refractivity contribution is 5.85. The van der Waals surface area contributed by atoms with Crippen molar-refractivity contribution in [2.75, 3.05) is 0 Å². The van der Waals surface area contributed by atoms with Crippen molar-refractivity contribution in [1.82, 2.24) is 0 Å². The Balaban J connectivity index is 2.21. The van der Waals surface area contributed by atoms with Crippen molar-refractivity contribution < 1.29 is 27.8 Å². The van der Waals surface area contributed by atoms with Gasteiger partial charge in [-0.05, 0) is 42.0 Å². The summed E-state index contributed by atoms with van der Waals surface area (Å²) in [5, 5.41) is 8.56. The lowest BCUT2D eigenvalue weighted by atomic mass is 10.2. The van der Waals surface area contributed by atoms with Gasteiger partial charge in [-0.2, -0.15) is 13.2 Å². The van der Waals surface area contributed by atoms with E-state index in [1.54, 1.807) is 18.2 Å². The van der Waals surface area contributed by atoms with Crippen molar-refractivity contribution in [1.29, 1.82) is 0 Å². The molecular formula is C16H11F3O3. The molecule has 1 N–H and O–H groups in total. The lowest BCUT2D eigenvalue weighted by Crippen LogP contribution is -2.04. The maximum absolute atomic E-state index is 12.6. The number of hydrogen-bond donors (Lipinski definition) is 1. The van der Waals surface area contributed by atoms with Gasteiger partial charge in [-0.15, -0.1) is 0 Å². The van der Waals surface area contributed by atoms with Crippen molar-refractivity contribution >= 4 is 12.0 Å². The summed E-state index contributed by atoms with van der Waals surface area (Å²) in [7, 11) is 0. The molecule has 0 radical (unpaired) electrons. The van der Waals surface area contributed by atoms with Crippen molar-refractivity contribution in [3.63, 3.8) is 0 Å². The number of ether oxygens (including phenoxy) is 1. The summed E-state index contributed by atoms with van der Waals surface area (Å²) in [5.41, 5.74) is -0.237. The predicted molar refractivity (Wildman–Crippen MR) is 74.6 cm³/mol. The Hall–Kier alpha value is -2.76. The number of aliphatic carboxylic acids is 1. The fourth-order valence-corrected chi connectivity index (χ4v) is 1.72. The number of benzene rings is 2. The third-order valence-corrected chi connectivity index (χ3v) is 2.67. The molecule has 0 aromatic heterocycles. The number of rotatable bonds is 4. The minimum absolute atomic E-state index is 0.0502. The van der Waals surface area contributed by atoms with E-state index in [4.69, 9.17) is 9.84 Å². The summed E-state index contributed by atoms with van der Waals surface area (Å²) in [6.45, 7) is 0. The van der Waals surface area contributed by atoms with E-state index in [0.717, 1.165) is 18.2 Å². The Morgan fingerprint density at radius 3 is 2.32 bits per heavy atom. The molecule has 0 amide bonds. The standard InChI is InChI=1S/C16H11F3O3/c17-16(18,19)12-4-2-6-14(10-12)22-13-5-1-3-11(9-13)7-8-15(20)21/h1-10H,(H,20,21)/b8-7+. The van der Waals surface area contributed by atoms with Crippen molar-refractivity contribution in [3.05, 3.63) is 65.7 Å². The van der Waals surface area contributed by atoms with E-state index < -0.39 is 17.7 Å². The molecular weight excluding hydrogens is 297 g/mol. The van der Waals surface area contributed by atoms with Gasteiger partial charge in [-0.25, -0.2) is 4.79 Å². The van der Waals surface area contributed by atoms with E-state index in [1.807, 2.05) is 0 Å². The summed E-state index contributed by atoms with van der Waals surface area (Å²) < 4.78 is 43.3. The van der Waals surface area contributed by atoms with Crippen LogP contribution in [0.5, 0.6) is 11.5 Å². The van der Waals surface area contributed by atoms with Gasteiger partial charge in [0.2, 0.25) is 0 Å². The Morgan fingerprint density at radius 2 is 1.68 bits per heavy atom.